The van der Waals surface area contributed by atoms with E-state index in [2.05, 4.69) is 21.7 Å². The average Bonchev–Trinajstić information content (AvgIpc) is 3.18. The molecule has 3 rings (SSSR count). The molecule has 0 saturated heterocycles. The van der Waals surface area contributed by atoms with Crippen molar-refractivity contribution in [2.45, 2.75) is 63.5 Å². The lowest BCUT2D eigenvalue weighted by Crippen LogP contribution is -2.48. The quantitative estimate of drug-likeness (QED) is 0.825. The molecule has 3 aliphatic rings. The summed E-state index contributed by atoms with van der Waals surface area (Å²) >= 11 is 0. The summed E-state index contributed by atoms with van der Waals surface area (Å²) in [5, 5.41) is 0. The van der Waals surface area contributed by atoms with E-state index in [1.807, 2.05) is 0 Å². The van der Waals surface area contributed by atoms with Crippen LogP contribution >= 0.6 is 0 Å². The largest absolute Gasteiger partial charge is 0.361 e. The molecule has 1 N–H and O–H groups in total. The molecule has 6 nitrogen and oxygen atoms in total. The van der Waals surface area contributed by atoms with Crippen molar-refractivity contribution in [3.63, 3.8) is 0 Å². The Kier molecular flexibility index (Phi) is 5.28. The van der Waals surface area contributed by atoms with Gasteiger partial charge in [-0.05, 0) is 38.5 Å². The Hall–Kier alpha value is -0.660. The first-order chi connectivity index (χ1) is 11.0. The SMILES string of the molecule is CN1CCN=C1C1CCC(NS(=O)(=O)N(C)C2CCCC2)CC1. The predicted molar refractivity (Wildman–Crippen MR) is 92.8 cm³/mol. The van der Waals surface area contributed by atoms with Gasteiger partial charge in [0.1, 0.15) is 5.84 Å². The van der Waals surface area contributed by atoms with Crippen molar-refractivity contribution in [1.82, 2.24) is 13.9 Å². The lowest BCUT2D eigenvalue weighted by Gasteiger charge is -2.33. The van der Waals surface area contributed by atoms with E-state index >= 15 is 0 Å². The van der Waals surface area contributed by atoms with Crippen molar-refractivity contribution in [3.8, 4) is 0 Å². The number of nitrogens with one attached hydrogen (secondary N) is 1. The van der Waals surface area contributed by atoms with Crippen LogP contribution in [-0.4, -0.2) is 62.7 Å². The molecule has 0 spiro atoms. The number of aliphatic imine (C=N–C) groups is 1. The van der Waals surface area contributed by atoms with Crippen LogP contribution in [0, 0.1) is 5.92 Å². The summed E-state index contributed by atoms with van der Waals surface area (Å²) in [5.41, 5.74) is 0. The van der Waals surface area contributed by atoms with Crippen LogP contribution in [0.4, 0.5) is 0 Å². The predicted octanol–water partition coefficient (Wildman–Crippen LogP) is 1.60. The van der Waals surface area contributed by atoms with Gasteiger partial charge in [-0.1, -0.05) is 12.8 Å². The summed E-state index contributed by atoms with van der Waals surface area (Å²) in [5.74, 6) is 1.74. The lowest BCUT2D eigenvalue weighted by molar-refractivity contribution is 0.330. The van der Waals surface area contributed by atoms with Gasteiger partial charge in [0.05, 0.1) is 6.54 Å². The van der Waals surface area contributed by atoms with Crippen molar-refractivity contribution < 1.29 is 8.42 Å². The number of likely N-dealkylation sites (N-methyl/N-ethyl adjacent to an activating group) is 1. The molecule has 0 aromatic rings. The smallest absolute Gasteiger partial charge is 0.279 e. The van der Waals surface area contributed by atoms with Gasteiger partial charge in [0.2, 0.25) is 0 Å². The van der Waals surface area contributed by atoms with E-state index < -0.39 is 10.2 Å². The Morgan fingerprint density at radius 2 is 1.78 bits per heavy atom. The van der Waals surface area contributed by atoms with Crippen molar-refractivity contribution in [2.75, 3.05) is 27.2 Å². The number of rotatable bonds is 5. The normalized spacial score (nSPS) is 30.2. The van der Waals surface area contributed by atoms with Gasteiger partial charge in [-0.25, -0.2) is 0 Å². The zero-order valence-corrected chi connectivity index (χ0v) is 15.2. The minimum Gasteiger partial charge on any atom is -0.361 e. The first kappa shape index (κ1) is 17.2. The zero-order valence-electron chi connectivity index (χ0n) is 14.4. The molecule has 0 unspecified atom stereocenters. The van der Waals surface area contributed by atoms with E-state index in [4.69, 9.17) is 0 Å². The molecule has 7 heteroatoms. The molecule has 2 fully saturated rings. The molecule has 0 amide bonds. The van der Waals surface area contributed by atoms with Gasteiger partial charge in [-0.15, -0.1) is 0 Å². The number of hydrogen-bond acceptors (Lipinski definition) is 4. The highest BCUT2D eigenvalue weighted by molar-refractivity contribution is 7.87. The minimum atomic E-state index is -3.35. The highest BCUT2D eigenvalue weighted by Gasteiger charge is 2.33. The Bertz CT molecular complexity index is 534. The standard InChI is InChI=1S/C16H30N4O2S/c1-19-12-11-17-16(19)13-7-9-14(10-8-13)18-23(21,22)20(2)15-5-3-4-6-15/h13-15,18H,3-12H2,1-2H3. The van der Waals surface area contributed by atoms with Crippen molar-refractivity contribution >= 4 is 16.0 Å². The Balaban J connectivity index is 1.51. The van der Waals surface area contributed by atoms with Gasteiger partial charge in [-0.3, -0.25) is 4.99 Å². The van der Waals surface area contributed by atoms with Gasteiger partial charge in [0, 0.05) is 38.6 Å². The third kappa shape index (κ3) is 3.88. The molecular formula is C16H30N4O2S. The summed E-state index contributed by atoms with van der Waals surface area (Å²) in [6.07, 6.45) is 8.17. The summed E-state index contributed by atoms with van der Waals surface area (Å²) in [7, 11) is 0.489. The van der Waals surface area contributed by atoms with E-state index in [1.165, 1.54) is 5.84 Å². The van der Waals surface area contributed by atoms with E-state index in [0.717, 1.165) is 64.5 Å². The highest BCUT2D eigenvalue weighted by atomic mass is 32.2. The monoisotopic (exact) mass is 342 g/mol. The summed E-state index contributed by atoms with van der Waals surface area (Å²) in [6, 6.07) is 0.262. The van der Waals surface area contributed by atoms with Gasteiger partial charge in [0.25, 0.3) is 10.2 Å². The fourth-order valence-electron chi connectivity index (χ4n) is 4.22. The molecule has 0 aromatic carbocycles. The maximum absolute atomic E-state index is 12.6. The Morgan fingerprint density at radius 1 is 1.13 bits per heavy atom. The first-order valence-corrected chi connectivity index (χ1v) is 10.4. The van der Waals surface area contributed by atoms with E-state index in [0.29, 0.717) is 5.92 Å². The van der Waals surface area contributed by atoms with Crippen LogP contribution < -0.4 is 4.72 Å². The van der Waals surface area contributed by atoms with Crippen LogP contribution in [0.1, 0.15) is 51.4 Å². The third-order valence-electron chi connectivity index (χ3n) is 5.73. The van der Waals surface area contributed by atoms with Crippen LogP contribution in [0.25, 0.3) is 0 Å². The fourth-order valence-corrected chi connectivity index (χ4v) is 5.64. The first-order valence-electron chi connectivity index (χ1n) is 8.98. The molecule has 0 atom stereocenters. The molecule has 2 aliphatic carbocycles. The molecule has 23 heavy (non-hydrogen) atoms. The molecule has 0 aromatic heterocycles. The third-order valence-corrected chi connectivity index (χ3v) is 7.41. The number of amidine groups is 1. The van der Waals surface area contributed by atoms with Gasteiger partial charge in [0.15, 0.2) is 0 Å². The molecule has 1 heterocycles. The van der Waals surface area contributed by atoms with Crippen molar-refractivity contribution in [1.29, 1.82) is 0 Å². The van der Waals surface area contributed by atoms with Crippen LogP contribution in [-0.2, 0) is 10.2 Å². The van der Waals surface area contributed by atoms with E-state index in [9.17, 15) is 8.42 Å². The second-order valence-corrected chi connectivity index (χ2v) is 9.05. The summed E-state index contributed by atoms with van der Waals surface area (Å²) < 4.78 is 29.6. The summed E-state index contributed by atoms with van der Waals surface area (Å²) in [4.78, 5) is 6.87. The topological polar surface area (TPSA) is 65.0 Å². The Morgan fingerprint density at radius 3 is 2.35 bits per heavy atom. The van der Waals surface area contributed by atoms with Crippen LogP contribution in [0.15, 0.2) is 4.99 Å². The molecular weight excluding hydrogens is 312 g/mol. The molecule has 132 valence electrons. The van der Waals surface area contributed by atoms with E-state index in [-0.39, 0.29) is 12.1 Å². The minimum absolute atomic E-state index is 0.0763. The lowest BCUT2D eigenvalue weighted by atomic mass is 9.85. The maximum Gasteiger partial charge on any atom is 0.279 e. The van der Waals surface area contributed by atoms with Gasteiger partial charge in [-0.2, -0.15) is 17.4 Å². The molecule has 0 radical (unpaired) electrons. The van der Waals surface area contributed by atoms with Crippen molar-refractivity contribution in [3.05, 3.63) is 0 Å². The number of nitrogens with zero attached hydrogens (tertiary/aromatic N) is 3. The van der Waals surface area contributed by atoms with Crippen LogP contribution in [0.2, 0.25) is 0 Å². The number of hydrogen-bond donors (Lipinski definition) is 1. The second-order valence-electron chi connectivity index (χ2n) is 7.29. The molecule has 1 aliphatic heterocycles. The summed E-state index contributed by atoms with van der Waals surface area (Å²) in [6.45, 7) is 1.93. The van der Waals surface area contributed by atoms with E-state index in [1.54, 1.807) is 11.4 Å². The zero-order chi connectivity index (χ0) is 16.4. The maximum atomic E-state index is 12.6. The molecule has 2 saturated carbocycles. The van der Waals surface area contributed by atoms with Gasteiger partial charge < -0.3 is 4.90 Å². The average molecular weight is 343 g/mol. The van der Waals surface area contributed by atoms with Crippen molar-refractivity contribution in [2.24, 2.45) is 10.9 Å². The fraction of sp³-hybridized carbons (Fsp3) is 0.938. The molecule has 0 bridgehead atoms. The van der Waals surface area contributed by atoms with Crippen LogP contribution in [0.5, 0.6) is 0 Å². The van der Waals surface area contributed by atoms with Crippen LogP contribution in [0.3, 0.4) is 0 Å². The second kappa shape index (κ2) is 7.07. The van der Waals surface area contributed by atoms with Gasteiger partial charge >= 0.3 is 0 Å². The highest BCUT2D eigenvalue weighted by Crippen LogP contribution is 2.29. The Labute approximate surface area is 140 Å².